The van der Waals surface area contributed by atoms with E-state index in [1.165, 1.54) is 6.42 Å². The highest BCUT2D eigenvalue weighted by atomic mass is 16.3. The Labute approximate surface area is 151 Å². The lowest BCUT2D eigenvalue weighted by atomic mass is 9.88. The van der Waals surface area contributed by atoms with Crippen LogP contribution in [0.4, 0.5) is 0 Å². The fourth-order valence-electron chi connectivity index (χ4n) is 4.21. The maximum absolute atomic E-state index is 12.2. The molecule has 0 spiro atoms. The van der Waals surface area contributed by atoms with Crippen molar-refractivity contribution >= 4 is 0 Å². The van der Waals surface area contributed by atoms with Crippen LogP contribution in [0.1, 0.15) is 65.0 Å². The van der Waals surface area contributed by atoms with E-state index in [0.717, 1.165) is 50.9 Å². The highest BCUT2D eigenvalue weighted by Gasteiger charge is 2.31. The number of hydrogen-bond donors (Lipinski definition) is 1. The predicted molar refractivity (Wildman–Crippen MR) is 99.8 cm³/mol. The number of hydrogen-bond acceptors (Lipinski definition) is 4. The summed E-state index contributed by atoms with van der Waals surface area (Å²) in [6.07, 6.45) is 6.48. The second kappa shape index (κ2) is 7.58. The summed E-state index contributed by atoms with van der Waals surface area (Å²) >= 11 is 0. The number of aliphatic hydroxyl groups excluding tert-OH is 1. The maximum atomic E-state index is 12.2. The van der Waals surface area contributed by atoms with Gasteiger partial charge >= 0.3 is 0 Å². The number of nitrogens with zero attached hydrogens (tertiary/aromatic N) is 3. The third-order valence-corrected chi connectivity index (χ3v) is 5.88. The van der Waals surface area contributed by atoms with Crippen molar-refractivity contribution in [1.29, 1.82) is 0 Å². The van der Waals surface area contributed by atoms with E-state index in [0.29, 0.717) is 18.5 Å². The largest absolute Gasteiger partial charge is 0.391 e. The van der Waals surface area contributed by atoms with E-state index in [9.17, 15) is 9.90 Å². The van der Waals surface area contributed by atoms with Gasteiger partial charge in [0, 0.05) is 24.1 Å². The quantitative estimate of drug-likeness (QED) is 0.913. The van der Waals surface area contributed by atoms with Gasteiger partial charge in [0.1, 0.15) is 0 Å². The number of piperidine rings is 1. The van der Waals surface area contributed by atoms with Crippen molar-refractivity contribution in [3.05, 3.63) is 28.2 Å². The first-order valence-electron chi connectivity index (χ1n) is 9.85. The van der Waals surface area contributed by atoms with Gasteiger partial charge in [-0.25, -0.2) is 4.68 Å². The fourth-order valence-corrected chi connectivity index (χ4v) is 4.21. The molecular formula is C20H33N3O2. The smallest absolute Gasteiger partial charge is 0.266 e. The van der Waals surface area contributed by atoms with E-state index >= 15 is 0 Å². The molecule has 1 saturated heterocycles. The van der Waals surface area contributed by atoms with E-state index in [-0.39, 0.29) is 17.1 Å². The van der Waals surface area contributed by atoms with Crippen LogP contribution in [-0.4, -0.2) is 45.0 Å². The minimum Gasteiger partial charge on any atom is -0.391 e. The summed E-state index contributed by atoms with van der Waals surface area (Å²) in [5, 5.41) is 14.9. The molecule has 2 heterocycles. The molecule has 1 aliphatic heterocycles. The molecule has 1 saturated carbocycles. The Morgan fingerprint density at radius 2 is 1.80 bits per heavy atom. The van der Waals surface area contributed by atoms with Crippen molar-refractivity contribution in [2.45, 2.75) is 83.4 Å². The van der Waals surface area contributed by atoms with Crippen molar-refractivity contribution in [3.63, 3.8) is 0 Å². The molecule has 2 unspecified atom stereocenters. The van der Waals surface area contributed by atoms with E-state index < -0.39 is 0 Å². The first-order valence-corrected chi connectivity index (χ1v) is 9.85. The number of likely N-dealkylation sites (tertiary alicyclic amines) is 1. The summed E-state index contributed by atoms with van der Waals surface area (Å²) in [6, 6.07) is 3.85. The number of rotatable bonds is 3. The molecule has 5 heteroatoms. The van der Waals surface area contributed by atoms with Gasteiger partial charge in [-0.2, -0.15) is 5.10 Å². The van der Waals surface area contributed by atoms with Crippen LogP contribution in [-0.2, 0) is 12.0 Å². The van der Waals surface area contributed by atoms with Crippen LogP contribution in [0.2, 0.25) is 0 Å². The summed E-state index contributed by atoms with van der Waals surface area (Å²) in [5.74, 6) is 0.498. The Hall–Kier alpha value is -1.20. The maximum Gasteiger partial charge on any atom is 0.266 e. The SMILES string of the molecule is CC(C)(C)c1ccc(=O)n(CC2CCN(C3CCCCC3O)CC2)n1. The summed E-state index contributed by atoms with van der Waals surface area (Å²) in [6.45, 7) is 9.14. The van der Waals surface area contributed by atoms with Gasteiger partial charge in [0.05, 0.1) is 11.8 Å². The lowest BCUT2D eigenvalue weighted by Gasteiger charge is -2.41. The van der Waals surface area contributed by atoms with Crippen LogP contribution in [0.5, 0.6) is 0 Å². The third kappa shape index (κ3) is 4.50. The molecule has 1 N–H and O–H groups in total. The van der Waals surface area contributed by atoms with Crippen LogP contribution >= 0.6 is 0 Å². The van der Waals surface area contributed by atoms with Crippen molar-refractivity contribution in [2.24, 2.45) is 5.92 Å². The van der Waals surface area contributed by atoms with Crippen LogP contribution in [0.15, 0.2) is 16.9 Å². The Balaban J connectivity index is 1.60. The Morgan fingerprint density at radius 1 is 1.12 bits per heavy atom. The molecule has 1 aromatic rings. The topological polar surface area (TPSA) is 58.4 Å². The molecule has 2 atom stereocenters. The van der Waals surface area contributed by atoms with Gasteiger partial charge < -0.3 is 5.11 Å². The Kier molecular flexibility index (Phi) is 5.64. The normalized spacial score (nSPS) is 26.7. The van der Waals surface area contributed by atoms with Crippen molar-refractivity contribution in [3.8, 4) is 0 Å². The van der Waals surface area contributed by atoms with Crippen LogP contribution in [0.25, 0.3) is 0 Å². The highest BCUT2D eigenvalue weighted by molar-refractivity contribution is 5.10. The molecule has 2 aliphatic rings. The molecule has 2 fully saturated rings. The highest BCUT2D eigenvalue weighted by Crippen LogP contribution is 2.28. The molecule has 1 aliphatic carbocycles. The first-order chi connectivity index (χ1) is 11.8. The van der Waals surface area contributed by atoms with Crippen molar-refractivity contribution < 1.29 is 5.11 Å². The zero-order valence-corrected chi connectivity index (χ0v) is 15.9. The van der Waals surface area contributed by atoms with E-state index in [2.05, 4.69) is 30.8 Å². The Bertz CT molecular complexity index is 627. The molecule has 0 aromatic carbocycles. The number of aromatic nitrogens is 2. The molecule has 0 amide bonds. The molecule has 140 valence electrons. The summed E-state index contributed by atoms with van der Waals surface area (Å²) < 4.78 is 1.66. The second-order valence-corrected chi connectivity index (χ2v) is 8.89. The molecule has 0 radical (unpaired) electrons. The lowest BCUT2D eigenvalue weighted by Crippen LogP contribution is -2.49. The summed E-state index contributed by atoms with van der Waals surface area (Å²) in [7, 11) is 0. The van der Waals surface area contributed by atoms with Crippen LogP contribution in [0.3, 0.4) is 0 Å². The minimum absolute atomic E-state index is 0.00173. The zero-order chi connectivity index (χ0) is 18.0. The van der Waals surface area contributed by atoms with Gasteiger partial charge in [0.2, 0.25) is 0 Å². The van der Waals surface area contributed by atoms with Gasteiger partial charge in [-0.05, 0) is 50.8 Å². The van der Waals surface area contributed by atoms with Gasteiger partial charge in [0.25, 0.3) is 5.56 Å². The average Bonchev–Trinajstić information content (AvgIpc) is 2.57. The van der Waals surface area contributed by atoms with Crippen molar-refractivity contribution in [2.75, 3.05) is 13.1 Å². The van der Waals surface area contributed by atoms with Gasteiger partial charge in [-0.1, -0.05) is 33.6 Å². The fraction of sp³-hybridized carbons (Fsp3) is 0.800. The summed E-state index contributed by atoms with van der Waals surface area (Å²) in [5.41, 5.74) is 0.920. The number of aliphatic hydroxyl groups is 1. The van der Waals surface area contributed by atoms with Crippen LogP contribution < -0.4 is 5.56 Å². The molecule has 5 nitrogen and oxygen atoms in total. The first kappa shape index (κ1) is 18.6. The monoisotopic (exact) mass is 347 g/mol. The minimum atomic E-state index is -0.155. The molecular weight excluding hydrogens is 314 g/mol. The standard InChI is InChI=1S/C20H33N3O2/c1-20(2,3)18-8-9-19(25)23(21-18)14-15-10-12-22(13-11-15)16-6-4-5-7-17(16)24/h8-9,15-17,24H,4-7,10-14H2,1-3H3. The summed E-state index contributed by atoms with van der Waals surface area (Å²) in [4.78, 5) is 14.7. The molecule has 1 aromatic heterocycles. The van der Waals surface area contributed by atoms with Gasteiger partial charge in [-0.3, -0.25) is 9.69 Å². The van der Waals surface area contributed by atoms with E-state index in [1.807, 2.05) is 6.07 Å². The van der Waals surface area contributed by atoms with Crippen molar-refractivity contribution in [1.82, 2.24) is 14.7 Å². The third-order valence-electron chi connectivity index (χ3n) is 5.88. The molecule has 25 heavy (non-hydrogen) atoms. The van der Waals surface area contributed by atoms with Crippen LogP contribution in [0, 0.1) is 5.92 Å². The lowest BCUT2D eigenvalue weighted by molar-refractivity contribution is 0.00244. The van der Waals surface area contributed by atoms with E-state index in [4.69, 9.17) is 0 Å². The van der Waals surface area contributed by atoms with Gasteiger partial charge in [0.15, 0.2) is 0 Å². The predicted octanol–water partition coefficient (Wildman–Crippen LogP) is 2.56. The van der Waals surface area contributed by atoms with Gasteiger partial charge in [-0.15, -0.1) is 0 Å². The zero-order valence-electron chi connectivity index (χ0n) is 15.9. The second-order valence-electron chi connectivity index (χ2n) is 8.89. The average molecular weight is 348 g/mol. The molecule has 3 rings (SSSR count). The van der Waals surface area contributed by atoms with E-state index in [1.54, 1.807) is 10.7 Å². The Morgan fingerprint density at radius 3 is 2.44 bits per heavy atom. The molecule has 0 bridgehead atoms.